The molecule has 0 aromatic rings. The molecule has 9 nitrogen and oxygen atoms in total. The van der Waals surface area contributed by atoms with Crippen molar-refractivity contribution in [2.75, 3.05) is 47.5 Å². The predicted octanol–water partition coefficient (Wildman–Crippen LogP) is 21.7. The largest absolute Gasteiger partial charge is 0.472 e. The highest BCUT2D eigenvalue weighted by atomic mass is 31.2. The van der Waals surface area contributed by atoms with Crippen LogP contribution in [0.4, 0.5) is 0 Å². The topological polar surface area (TPSA) is 108 Å². The molecule has 82 heavy (non-hydrogen) atoms. The van der Waals surface area contributed by atoms with Crippen molar-refractivity contribution < 1.29 is 42.1 Å². The average molecular weight is 1170 g/mol. The first kappa shape index (κ1) is 78.7. The second-order valence-electron chi connectivity index (χ2n) is 23.5. The molecule has 1 N–H and O–H groups in total. The van der Waals surface area contributed by atoms with Gasteiger partial charge in [0.25, 0.3) is 0 Å². The molecular formula is C72H127NO8P+. The SMILES string of the molecule is CC/C=C\C/C=C\C/C=C\C/C=C\C/C=C\C/C=C\CCCCCCCCCCCCCCCCCCCCC(=O)OC(COC(=O)CCCCCCCC/C=C\C/C=C\C/C=C\CCCCCCC)COP(=O)(O)OCC[N+](C)(C)C. The van der Waals surface area contributed by atoms with Gasteiger partial charge in [-0.2, -0.15) is 0 Å². The maximum absolute atomic E-state index is 12.9. The van der Waals surface area contributed by atoms with Crippen LogP contribution in [0.25, 0.3) is 0 Å². The molecule has 0 bridgehead atoms. The van der Waals surface area contributed by atoms with Gasteiger partial charge in [0.05, 0.1) is 27.7 Å². The van der Waals surface area contributed by atoms with Gasteiger partial charge in [-0.1, -0.05) is 277 Å². The number of phosphoric ester groups is 1. The minimum Gasteiger partial charge on any atom is -0.462 e. The lowest BCUT2D eigenvalue weighted by molar-refractivity contribution is -0.870. The fourth-order valence-corrected chi connectivity index (χ4v) is 9.89. The van der Waals surface area contributed by atoms with E-state index in [9.17, 15) is 19.0 Å². The number of likely N-dealkylation sites (N-methyl/N-ethyl adjacent to an activating group) is 1. The van der Waals surface area contributed by atoms with Crippen molar-refractivity contribution in [3.8, 4) is 0 Å². The first-order valence-corrected chi connectivity index (χ1v) is 35.1. The number of quaternary nitrogens is 1. The molecule has 0 aliphatic heterocycles. The normalized spacial score (nSPS) is 13.9. The van der Waals surface area contributed by atoms with E-state index in [0.717, 1.165) is 103 Å². The van der Waals surface area contributed by atoms with Crippen LogP contribution in [0.2, 0.25) is 0 Å². The Morgan fingerprint density at radius 1 is 0.390 bits per heavy atom. The van der Waals surface area contributed by atoms with E-state index in [1.54, 1.807) is 0 Å². The van der Waals surface area contributed by atoms with Gasteiger partial charge in [0.15, 0.2) is 6.10 Å². The van der Waals surface area contributed by atoms with Gasteiger partial charge in [-0.15, -0.1) is 0 Å². The first-order chi connectivity index (χ1) is 40.0. The van der Waals surface area contributed by atoms with E-state index in [2.05, 4.69) is 123 Å². The molecule has 0 fully saturated rings. The Balaban J connectivity index is 4.05. The lowest BCUT2D eigenvalue weighted by atomic mass is 10.0. The summed E-state index contributed by atoms with van der Waals surface area (Å²) in [6.45, 7) is 4.31. The highest BCUT2D eigenvalue weighted by molar-refractivity contribution is 7.47. The minimum atomic E-state index is -4.40. The van der Waals surface area contributed by atoms with E-state index in [-0.39, 0.29) is 32.0 Å². The number of phosphoric acid groups is 1. The molecule has 2 unspecified atom stereocenters. The number of allylic oxidation sites excluding steroid dienone is 18. The van der Waals surface area contributed by atoms with Crippen LogP contribution in [0.1, 0.15) is 284 Å². The van der Waals surface area contributed by atoms with Crippen LogP contribution in [0.3, 0.4) is 0 Å². The maximum Gasteiger partial charge on any atom is 0.472 e. The number of carbonyl (C=O) groups excluding carboxylic acids is 2. The first-order valence-electron chi connectivity index (χ1n) is 33.6. The van der Waals surface area contributed by atoms with Crippen molar-refractivity contribution in [2.24, 2.45) is 0 Å². The Morgan fingerprint density at radius 3 is 1.04 bits per heavy atom. The molecule has 2 atom stereocenters. The Bertz CT molecular complexity index is 1750. The van der Waals surface area contributed by atoms with Gasteiger partial charge in [0.2, 0.25) is 0 Å². The summed E-state index contributed by atoms with van der Waals surface area (Å²) in [4.78, 5) is 35.8. The number of rotatable bonds is 61. The number of hydrogen-bond donors (Lipinski definition) is 1. The molecule has 10 heteroatoms. The lowest BCUT2D eigenvalue weighted by Crippen LogP contribution is -2.37. The molecule has 0 rings (SSSR count). The van der Waals surface area contributed by atoms with Crippen molar-refractivity contribution >= 4 is 19.8 Å². The molecule has 0 heterocycles. The van der Waals surface area contributed by atoms with Crippen molar-refractivity contribution in [3.05, 3.63) is 109 Å². The van der Waals surface area contributed by atoms with E-state index < -0.39 is 26.5 Å². The van der Waals surface area contributed by atoms with Crippen molar-refractivity contribution in [1.82, 2.24) is 0 Å². The van der Waals surface area contributed by atoms with Gasteiger partial charge >= 0.3 is 19.8 Å². The molecule has 0 saturated carbocycles. The Morgan fingerprint density at radius 2 is 0.695 bits per heavy atom. The van der Waals surface area contributed by atoms with Gasteiger partial charge in [-0.05, 0) is 103 Å². The van der Waals surface area contributed by atoms with Crippen LogP contribution >= 0.6 is 7.82 Å². The van der Waals surface area contributed by atoms with Crippen LogP contribution in [0.15, 0.2) is 109 Å². The van der Waals surface area contributed by atoms with Crippen molar-refractivity contribution in [2.45, 2.75) is 290 Å². The van der Waals surface area contributed by atoms with Gasteiger partial charge in [-0.3, -0.25) is 18.6 Å². The van der Waals surface area contributed by atoms with Crippen LogP contribution in [-0.2, 0) is 32.7 Å². The molecule has 0 aromatic carbocycles. The van der Waals surface area contributed by atoms with E-state index >= 15 is 0 Å². The number of hydrogen-bond acceptors (Lipinski definition) is 7. The zero-order valence-electron chi connectivity index (χ0n) is 53.7. The summed E-state index contributed by atoms with van der Waals surface area (Å²) in [6, 6.07) is 0. The second-order valence-corrected chi connectivity index (χ2v) is 24.9. The Kier molecular flexibility index (Phi) is 59.7. The Labute approximate surface area is 506 Å². The summed E-state index contributed by atoms with van der Waals surface area (Å²) in [6.07, 6.45) is 87.5. The van der Waals surface area contributed by atoms with Crippen LogP contribution < -0.4 is 0 Å². The van der Waals surface area contributed by atoms with Gasteiger partial charge in [0, 0.05) is 12.8 Å². The van der Waals surface area contributed by atoms with Crippen molar-refractivity contribution in [3.63, 3.8) is 0 Å². The summed E-state index contributed by atoms with van der Waals surface area (Å²) in [5.41, 5.74) is 0. The summed E-state index contributed by atoms with van der Waals surface area (Å²) < 4.78 is 34.7. The summed E-state index contributed by atoms with van der Waals surface area (Å²) in [7, 11) is 1.47. The number of nitrogens with zero attached hydrogens (tertiary/aromatic N) is 1. The third kappa shape index (κ3) is 65.8. The summed E-state index contributed by atoms with van der Waals surface area (Å²) in [5.74, 6) is -0.808. The van der Waals surface area contributed by atoms with Crippen LogP contribution in [-0.4, -0.2) is 74.9 Å². The monoisotopic (exact) mass is 1160 g/mol. The average Bonchev–Trinajstić information content (AvgIpc) is 3.46. The highest BCUT2D eigenvalue weighted by Gasteiger charge is 2.27. The summed E-state index contributed by atoms with van der Waals surface area (Å²) >= 11 is 0. The molecule has 0 radical (unpaired) electrons. The van der Waals surface area contributed by atoms with E-state index in [1.807, 2.05) is 21.1 Å². The van der Waals surface area contributed by atoms with Gasteiger partial charge in [0.1, 0.15) is 19.8 Å². The predicted molar refractivity (Wildman–Crippen MR) is 353 cm³/mol. The molecule has 0 amide bonds. The zero-order valence-corrected chi connectivity index (χ0v) is 54.6. The van der Waals surface area contributed by atoms with Gasteiger partial charge < -0.3 is 18.9 Å². The summed E-state index contributed by atoms with van der Waals surface area (Å²) in [5, 5.41) is 0. The van der Waals surface area contributed by atoms with E-state index in [4.69, 9.17) is 18.5 Å². The molecule has 0 saturated heterocycles. The van der Waals surface area contributed by atoms with Crippen LogP contribution in [0.5, 0.6) is 0 Å². The Hall–Kier alpha value is -3.33. The van der Waals surface area contributed by atoms with E-state index in [0.29, 0.717) is 17.4 Å². The molecule has 472 valence electrons. The highest BCUT2D eigenvalue weighted by Crippen LogP contribution is 2.43. The molecule has 0 spiro atoms. The van der Waals surface area contributed by atoms with Gasteiger partial charge in [-0.25, -0.2) is 4.57 Å². The quantitative estimate of drug-likeness (QED) is 0.0211. The second kappa shape index (κ2) is 62.2. The molecular weight excluding hydrogens is 1040 g/mol. The lowest BCUT2D eigenvalue weighted by Gasteiger charge is -2.24. The number of carbonyl (C=O) groups is 2. The minimum absolute atomic E-state index is 0.0263. The smallest absolute Gasteiger partial charge is 0.462 e. The van der Waals surface area contributed by atoms with Crippen molar-refractivity contribution in [1.29, 1.82) is 0 Å². The van der Waals surface area contributed by atoms with Crippen LogP contribution in [0, 0.1) is 0 Å². The third-order valence-corrected chi connectivity index (χ3v) is 15.3. The molecule has 0 aliphatic carbocycles. The molecule has 0 aromatic heterocycles. The third-order valence-electron chi connectivity index (χ3n) is 14.3. The molecule has 0 aliphatic rings. The van der Waals surface area contributed by atoms with E-state index in [1.165, 1.54) is 148 Å². The number of ether oxygens (including phenoxy) is 2. The standard InChI is InChI=1S/C72H126NO8P/c1-6-8-10-12-14-16-18-20-22-24-26-28-29-30-31-32-33-34-35-36-37-38-39-40-41-42-43-45-47-49-51-53-55-57-59-61-63-65-72(75)81-70(69-80-82(76,77)79-67-66-73(3,4)5)68-78-71(74)64-62-60-58-56-54-52-50-48-46-44-27-25-23-21-19-17-15-13-11-9-7-2/h8,10,14,16,19-22,25-28,30-31,33-34,46,48,70H,6-7,9,11-13,15,17-18,23-24,29,32,35-45,47,49-69H2,1-5H3/p+1/b10-8-,16-14-,21-19-,22-20-,27-25-,28-26-,31-30-,34-33-,48-46-. The fraction of sp³-hybridized carbons (Fsp3) is 0.722. The zero-order chi connectivity index (χ0) is 59.8. The fourth-order valence-electron chi connectivity index (χ4n) is 9.15. The number of esters is 2. The number of unbranched alkanes of at least 4 members (excludes halogenated alkanes) is 29. The maximum atomic E-state index is 12.9.